The molecule has 0 saturated heterocycles. The second kappa shape index (κ2) is 6.44. The van der Waals surface area contributed by atoms with Crippen molar-refractivity contribution in [2.75, 3.05) is 0 Å². The highest BCUT2D eigenvalue weighted by Crippen LogP contribution is 2.60. The van der Waals surface area contributed by atoms with Crippen molar-refractivity contribution < 1.29 is 0 Å². The molecule has 0 radical (unpaired) electrons. The van der Waals surface area contributed by atoms with Gasteiger partial charge in [-0.05, 0) is 54.3 Å². The van der Waals surface area contributed by atoms with Crippen LogP contribution in [0, 0.1) is 35.0 Å². The van der Waals surface area contributed by atoms with Crippen molar-refractivity contribution in [2.45, 2.75) is 80.6 Å². The maximum atomic E-state index is 2.53. The van der Waals surface area contributed by atoms with Gasteiger partial charge in [0.1, 0.15) is 0 Å². The molecule has 0 heterocycles. The monoisotopic (exact) mass is 252 g/mol. The third-order valence-corrected chi connectivity index (χ3v) is 5.75. The highest BCUT2D eigenvalue weighted by atomic mass is 14.6. The Hall–Kier alpha value is 0. The van der Waals surface area contributed by atoms with Gasteiger partial charge in [-0.2, -0.15) is 0 Å². The molecule has 1 aliphatic rings. The summed E-state index contributed by atoms with van der Waals surface area (Å²) in [6, 6.07) is 0. The van der Waals surface area contributed by atoms with Gasteiger partial charge in [-0.1, -0.05) is 61.3 Å². The van der Waals surface area contributed by atoms with E-state index in [2.05, 4.69) is 48.5 Å². The van der Waals surface area contributed by atoms with E-state index in [-0.39, 0.29) is 0 Å². The molecular weight excluding hydrogens is 216 g/mol. The van der Waals surface area contributed by atoms with Crippen molar-refractivity contribution in [3.05, 3.63) is 0 Å². The second-order valence-corrected chi connectivity index (χ2v) is 7.89. The van der Waals surface area contributed by atoms with Gasteiger partial charge in [0, 0.05) is 0 Å². The summed E-state index contributed by atoms with van der Waals surface area (Å²) in [5, 5.41) is 0. The smallest absolute Gasteiger partial charge is 0.0292 e. The van der Waals surface area contributed by atoms with E-state index in [0.29, 0.717) is 5.41 Å². The largest absolute Gasteiger partial charge is 0.0651 e. The molecule has 3 atom stereocenters. The summed E-state index contributed by atoms with van der Waals surface area (Å²) >= 11 is 0. The minimum absolute atomic E-state index is 0.702. The Bertz CT molecular complexity index is 232. The van der Waals surface area contributed by atoms with Crippen LogP contribution in [0.5, 0.6) is 0 Å². The number of hydrogen-bond donors (Lipinski definition) is 0. The Balaban J connectivity index is 2.30. The molecule has 0 amide bonds. The van der Waals surface area contributed by atoms with E-state index in [0.717, 1.165) is 29.6 Å². The van der Waals surface area contributed by atoms with Crippen LogP contribution in [0.4, 0.5) is 0 Å². The van der Waals surface area contributed by atoms with E-state index in [1.165, 1.54) is 32.1 Å². The van der Waals surface area contributed by atoms with E-state index in [1.807, 2.05) is 0 Å². The predicted molar refractivity (Wildman–Crippen MR) is 82.7 cm³/mol. The average Bonchev–Trinajstić information content (AvgIpc) is 2.95. The maximum absolute atomic E-state index is 2.53. The molecular formula is C18H36. The van der Waals surface area contributed by atoms with E-state index in [9.17, 15) is 0 Å². The van der Waals surface area contributed by atoms with Gasteiger partial charge in [0.05, 0.1) is 0 Å². The molecule has 1 rings (SSSR count). The van der Waals surface area contributed by atoms with Gasteiger partial charge in [0.15, 0.2) is 0 Å². The van der Waals surface area contributed by atoms with Gasteiger partial charge in [-0.15, -0.1) is 0 Å². The zero-order chi connectivity index (χ0) is 13.9. The van der Waals surface area contributed by atoms with Gasteiger partial charge in [0.2, 0.25) is 0 Å². The lowest BCUT2D eigenvalue weighted by Gasteiger charge is -2.25. The Kier molecular flexibility index (Phi) is 5.74. The lowest BCUT2D eigenvalue weighted by molar-refractivity contribution is 0.249. The van der Waals surface area contributed by atoms with Crippen LogP contribution in [0.3, 0.4) is 0 Å². The summed E-state index contributed by atoms with van der Waals surface area (Å²) in [5.74, 6) is 4.60. The van der Waals surface area contributed by atoms with Gasteiger partial charge in [0.25, 0.3) is 0 Å². The Morgan fingerprint density at radius 3 is 2.06 bits per heavy atom. The molecule has 3 unspecified atom stereocenters. The van der Waals surface area contributed by atoms with Crippen molar-refractivity contribution in [1.82, 2.24) is 0 Å². The molecule has 1 fully saturated rings. The van der Waals surface area contributed by atoms with Crippen LogP contribution in [0.2, 0.25) is 0 Å². The zero-order valence-electron chi connectivity index (χ0n) is 13.9. The molecule has 18 heavy (non-hydrogen) atoms. The second-order valence-electron chi connectivity index (χ2n) is 7.89. The minimum atomic E-state index is 0.702. The topological polar surface area (TPSA) is 0 Å². The van der Waals surface area contributed by atoms with Crippen LogP contribution in [0.25, 0.3) is 0 Å². The van der Waals surface area contributed by atoms with Crippen LogP contribution in [-0.2, 0) is 0 Å². The van der Waals surface area contributed by atoms with Crippen LogP contribution in [0.1, 0.15) is 80.6 Å². The van der Waals surface area contributed by atoms with Crippen LogP contribution >= 0.6 is 0 Å². The van der Waals surface area contributed by atoms with Crippen LogP contribution < -0.4 is 0 Å². The highest BCUT2D eigenvalue weighted by molar-refractivity contribution is 5.00. The third kappa shape index (κ3) is 4.00. The van der Waals surface area contributed by atoms with Crippen molar-refractivity contribution >= 4 is 0 Å². The Morgan fingerprint density at radius 2 is 1.61 bits per heavy atom. The first-order valence-corrected chi connectivity index (χ1v) is 8.31. The lowest BCUT2D eigenvalue weighted by Crippen LogP contribution is -2.16. The summed E-state index contributed by atoms with van der Waals surface area (Å²) in [5.41, 5.74) is 0.702. The molecule has 0 aromatic heterocycles. The molecule has 0 aliphatic heterocycles. The van der Waals surface area contributed by atoms with Crippen molar-refractivity contribution in [3.8, 4) is 0 Å². The number of rotatable bonds is 8. The van der Waals surface area contributed by atoms with E-state index < -0.39 is 0 Å². The first-order chi connectivity index (χ1) is 8.31. The summed E-state index contributed by atoms with van der Waals surface area (Å²) in [7, 11) is 0. The van der Waals surface area contributed by atoms with Crippen molar-refractivity contribution in [3.63, 3.8) is 0 Å². The normalized spacial score (nSPS) is 29.3. The Morgan fingerprint density at radius 1 is 1.06 bits per heavy atom. The fraction of sp³-hybridized carbons (Fsp3) is 1.00. The van der Waals surface area contributed by atoms with Crippen LogP contribution in [0.15, 0.2) is 0 Å². The van der Waals surface area contributed by atoms with Gasteiger partial charge >= 0.3 is 0 Å². The fourth-order valence-corrected chi connectivity index (χ4v) is 4.08. The standard InChI is InChI=1S/C18H36/c1-8-15(6)17-12-18(17,7)11-9-10-16(13(2)3)14(4)5/h13-17H,8-12H2,1-7H3. The fourth-order valence-electron chi connectivity index (χ4n) is 4.08. The summed E-state index contributed by atoms with van der Waals surface area (Å²) in [6.45, 7) is 16.9. The average molecular weight is 252 g/mol. The number of hydrogen-bond acceptors (Lipinski definition) is 0. The van der Waals surface area contributed by atoms with Crippen molar-refractivity contribution in [2.24, 2.45) is 35.0 Å². The molecule has 0 N–H and O–H groups in total. The molecule has 0 bridgehead atoms. The molecule has 1 aliphatic carbocycles. The quantitative estimate of drug-likeness (QED) is 0.485. The van der Waals surface area contributed by atoms with E-state index >= 15 is 0 Å². The molecule has 0 nitrogen and oxygen atoms in total. The van der Waals surface area contributed by atoms with Gasteiger partial charge < -0.3 is 0 Å². The molecule has 0 aromatic rings. The Labute approximate surface area is 116 Å². The zero-order valence-corrected chi connectivity index (χ0v) is 13.9. The van der Waals surface area contributed by atoms with Gasteiger partial charge in [-0.3, -0.25) is 0 Å². The summed E-state index contributed by atoms with van der Waals surface area (Å²) in [4.78, 5) is 0. The first-order valence-electron chi connectivity index (χ1n) is 8.31. The molecule has 0 heteroatoms. The molecule has 0 spiro atoms. The minimum Gasteiger partial charge on any atom is -0.0651 e. The van der Waals surface area contributed by atoms with Crippen molar-refractivity contribution in [1.29, 1.82) is 0 Å². The van der Waals surface area contributed by atoms with Crippen LogP contribution in [-0.4, -0.2) is 0 Å². The molecule has 1 saturated carbocycles. The van der Waals surface area contributed by atoms with E-state index in [4.69, 9.17) is 0 Å². The third-order valence-electron chi connectivity index (χ3n) is 5.75. The summed E-state index contributed by atoms with van der Waals surface area (Å²) < 4.78 is 0. The lowest BCUT2D eigenvalue weighted by atomic mass is 9.80. The summed E-state index contributed by atoms with van der Waals surface area (Å²) in [6.07, 6.45) is 7.22. The highest BCUT2D eigenvalue weighted by Gasteiger charge is 2.50. The van der Waals surface area contributed by atoms with Gasteiger partial charge in [-0.25, -0.2) is 0 Å². The first kappa shape index (κ1) is 16.1. The predicted octanol–water partition coefficient (Wildman–Crippen LogP) is 6.16. The molecule has 0 aromatic carbocycles. The van der Waals surface area contributed by atoms with E-state index in [1.54, 1.807) is 0 Å². The SMILES string of the molecule is CCC(C)C1CC1(C)CCCC(C(C)C)C(C)C. The maximum Gasteiger partial charge on any atom is -0.0292 e. The molecule has 108 valence electrons.